The second-order valence-corrected chi connectivity index (χ2v) is 5.31. The van der Waals surface area contributed by atoms with Gasteiger partial charge in [0.05, 0.1) is 5.92 Å². The van der Waals surface area contributed by atoms with Gasteiger partial charge in [-0.05, 0) is 26.2 Å². The van der Waals surface area contributed by atoms with E-state index in [1.54, 1.807) is 5.32 Å². The van der Waals surface area contributed by atoms with Crippen molar-refractivity contribution >= 4 is 11.9 Å². The summed E-state index contributed by atoms with van der Waals surface area (Å²) < 4.78 is 38.3. The molecule has 2 aliphatic heterocycles. The van der Waals surface area contributed by atoms with Crippen LogP contribution in [-0.2, 0) is 9.59 Å². The van der Waals surface area contributed by atoms with Crippen LogP contribution in [0.4, 0.5) is 13.2 Å². The number of carboxylic acids is 1. The number of carboxylic acid groups (broad SMARTS) is 1. The number of fused-ring (bicyclic) bond motifs is 2. The van der Waals surface area contributed by atoms with Gasteiger partial charge in [0.2, 0.25) is 11.4 Å². The number of halogens is 3. The Morgan fingerprint density at radius 3 is 2.32 bits per heavy atom. The van der Waals surface area contributed by atoms with E-state index in [-0.39, 0.29) is 12.1 Å². The van der Waals surface area contributed by atoms with Crippen LogP contribution in [0.25, 0.3) is 0 Å². The maximum Gasteiger partial charge on any atom is 0.422 e. The summed E-state index contributed by atoms with van der Waals surface area (Å²) in [6.07, 6.45) is -2.94. The summed E-state index contributed by atoms with van der Waals surface area (Å²) in [5.41, 5.74) is -3.24. The monoisotopic (exact) mass is 280 g/mol. The van der Waals surface area contributed by atoms with Crippen LogP contribution in [0.15, 0.2) is 0 Å². The van der Waals surface area contributed by atoms with Crippen molar-refractivity contribution in [2.75, 3.05) is 0 Å². The molecule has 4 unspecified atom stereocenters. The molecule has 4 atom stereocenters. The van der Waals surface area contributed by atoms with Crippen LogP contribution in [0.3, 0.4) is 0 Å². The smallest absolute Gasteiger partial charge is 0.422 e. The molecule has 0 radical (unpaired) electrons. The molecule has 0 saturated carbocycles. The fourth-order valence-electron chi connectivity index (χ4n) is 2.70. The molecule has 108 valence electrons. The molecule has 2 aliphatic rings. The maximum absolute atomic E-state index is 12.8. The Kier molecular flexibility index (Phi) is 3.24. The molecule has 8 heteroatoms. The minimum atomic E-state index is -5.04. The van der Waals surface area contributed by atoms with Crippen LogP contribution >= 0.6 is 0 Å². The summed E-state index contributed by atoms with van der Waals surface area (Å²) in [5, 5.41) is 13.5. The number of hydrogen-bond acceptors (Lipinski definition) is 3. The van der Waals surface area contributed by atoms with Crippen molar-refractivity contribution in [3.05, 3.63) is 0 Å². The van der Waals surface area contributed by atoms with Gasteiger partial charge in [0.1, 0.15) is 0 Å². The van der Waals surface area contributed by atoms with E-state index in [9.17, 15) is 22.8 Å². The van der Waals surface area contributed by atoms with Crippen LogP contribution in [0.1, 0.15) is 26.2 Å². The Morgan fingerprint density at radius 1 is 1.32 bits per heavy atom. The van der Waals surface area contributed by atoms with E-state index >= 15 is 0 Å². The van der Waals surface area contributed by atoms with E-state index in [0.717, 1.165) is 12.8 Å². The summed E-state index contributed by atoms with van der Waals surface area (Å²) in [6, 6.07) is 0.0130. The highest BCUT2D eigenvalue weighted by atomic mass is 19.4. The van der Waals surface area contributed by atoms with Gasteiger partial charge in [0.15, 0.2) is 0 Å². The third-order valence-electron chi connectivity index (χ3n) is 4.00. The predicted octanol–water partition coefficient (Wildman–Crippen LogP) is 0.649. The molecule has 0 aromatic carbocycles. The van der Waals surface area contributed by atoms with E-state index in [2.05, 4.69) is 5.32 Å². The zero-order chi connectivity index (χ0) is 14.4. The van der Waals surface area contributed by atoms with E-state index in [1.807, 2.05) is 0 Å². The molecule has 0 aliphatic carbocycles. The maximum atomic E-state index is 12.8. The van der Waals surface area contributed by atoms with Gasteiger partial charge in [-0.3, -0.25) is 4.79 Å². The molecular formula is C11H15F3N2O3. The molecule has 1 amide bonds. The lowest BCUT2D eigenvalue weighted by molar-refractivity contribution is -0.207. The number of carbonyl (C=O) groups excluding carboxylic acids is 1. The fourth-order valence-corrected chi connectivity index (χ4v) is 2.70. The number of aliphatic carboxylic acids is 1. The lowest BCUT2D eigenvalue weighted by Gasteiger charge is -2.31. The lowest BCUT2D eigenvalue weighted by Crippen LogP contribution is -2.63. The Bertz CT molecular complexity index is 412. The van der Waals surface area contributed by atoms with Crippen molar-refractivity contribution < 1.29 is 27.9 Å². The van der Waals surface area contributed by atoms with Gasteiger partial charge >= 0.3 is 12.1 Å². The Balaban J connectivity index is 2.10. The van der Waals surface area contributed by atoms with Crippen molar-refractivity contribution in [3.8, 4) is 0 Å². The SMILES string of the molecule is CC(NC(=O)C1CC2CCC1N2)(C(=O)O)C(F)(F)F. The number of alkyl halides is 3. The molecule has 19 heavy (non-hydrogen) atoms. The third-order valence-corrected chi connectivity index (χ3v) is 4.00. The van der Waals surface area contributed by atoms with Gasteiger partial charge < -0.3 is 15.7 Å². The average Bonchev–Trinajstić information content (AvgIpc) is 2.88. The first-order valence-electron chi connectivity index (χ1n) is 6.03. The van der Waals surface area contributed by atoms with Crippen molar-refractivity contribution in [2.24, 2.45) is 5.92 Å². The van der Waals surface area contributed by atoms with Gasteiger partial charge in [-0.1, -0.05) is 0 Å². The first kappa shape index (κ1) is 14.1. The van der Waals surface area contributed by atoms with Crippen LogP contribution < -0.4 is 10.6 Å². The average molecular weight is 280 g/mol. The topological polar surface area (TPSA) is 78.4 Å². The molecule has 3 N–H and O–H groups in total. The molecule has 2 bridgehead atoms. The van der Waals surface area contributed by atoms with Gasteiger partial charge in [0.25, 0.3) is 0 Å². The van der Waals surface area contributed by atoms with Crippen molar-refractivity contribution in [1.82, 2.24) is 10.6 Å². The highest BCUT2D eigenvalue weighted by Gasteiger charge is 2.59. The minimum Gasteiger partial charge on any atom is -0.479 e. The standard InChI is InChI=1S/C11H15F3N2O3/c1-10(9(18)19,11(12,13)14)16-8(17)6-4-5-2-3-7(6)15-5/h5-7,15H,2-4H2,1H3,(H,16,17)(H,18,19). The van der Waals surface area contributed by atoms with E-state index in [0.29, 0.717) is 13.3 Å². The predicted molar refractivity (Wildman–Crippen MR) is 58.3 cm³/mol. The summed E-state index contributed by atoms with van der Waals surface area (Å²) in [6.45, 7) is 0.466. The van der Waals surface area contributed by atoms with Gasteiger partial charge in [0, 0.05) is 12.1 Å². The second-order valence-electron chi connectivity index (χ2n) is 5.31. The first-order chi connectivity index (χ1) is 8.65. The highest BCUT2D eigenvalue weighted by molar-refractivity contribution is 5.89. The minimum absolute atomic E-state index is 0.142. The van der Waals surface area contributed by atoms with Crippen molar-refractivity contribution in [3.63, 3.8) is 0 Å². The molecule has 0 aromatic heterocycles. The van der Waals surface area contributed by atoms with E-state index < -0.39 is 29.5 Å². The summed E-state index contributed by atoms with van der Waals surface area (Å²) in [5.74, 6) is -3.54. The van der Waals surface area contributed by atoms with Crippen LogP contribution in [0.2, 0.25) is 0 Å². The molecule has 2 heterocycles. The highest BCUT2D eigenvalue weighted by Crippen LogP contribution is 2.35. The molecule has 2 saturated heterocycles. The van der Waals surface area contributed by atoms with Crippen LogP contribution in [-0.4, -0.2) is 40.8 Å². The molecule has 2 rings (SSSR count). The summed E-state index contributed by atoms with van der Waals surface area (Å²) >= 11 is 0. The molecule has 5 nitrogen and oxygen atoms in total. The van der Waals surface area contributed by atoms with Gasteiger partial charge in [-0.25, -0.2) is 4.79 Å². The number of nitrogens with one attached hydrogen (secondary N) is 2. The molecule has 0 spiro atoms. The lowest BCUT2D eigenvalue weighted by atomic mass is 9.87. The number of hydrogen-bond donors (Lipinski definition) is 3. The molecule has 0 aromatic rings. The quantitative estimate of drug-likeness (QED) is 0.709. The summed E-state index contributed by atoms with van der Waals surface area (Å²) in [4.78, 5) is 22.7. The Labute approximate surface area is 107 Å². The Morgan fingerprint density at radius 2 is 1.95 bits per heavy atom. The normalized spacial score (nSPS) is 32.9. The van der Waals surface area contributed by atoms with Crippen molar-refractivity contribution in [2.45, 2.75) is 50.0 Å². The third kappa shape index (κ3) is 2.29. The zero-order valence-corrected chi connectivity index (χ0v) is 10.3. The van der Waals surface area contributed by atoms with Gasteiger partial charge in [-0.15, -0.1) is 0 Å². The number of amides is 1. The number of rotatable bonds is 3. The largest absolute Gasteiger partial charge is 0.479 e. The number of carbonyl (C=O) groups is 2. The van der Waals surface area contributed by atoms with Crippen LogP contribution in [0, 0.1) is 5.92 Å². The molecule has 2 fully saturated rings. The van der Waals surface area contributed by atoms with E-state index in [1.165, 1.54) is 0 Å². The summed E-state index contributed by atoms with van der Waals surface area (Å²) in [7, 11) is 0. The van der Waals surface area contributed by atoms with E-state index in [4.69, 9.17) is 5.11 Å². The Hall–Kier alpha value is -1.31. The second kappa shape index (κ2) is 4.36. The van der Waals surface area contributed by atoms with Crippen LogP contribution in [0.5, 0.6) is 0 Å². The zero-order valence-electron chi connectivity index (χ0n) is 10.3. The fraction of sp³-hybridized carbons (Fsp3) is 0.818. The van der Waals surface area contributed by atoms with Crippen molar-refractivity contribution in [1.29, 1.82) is 0 Å². The van der Waals surface area contributed by atoms with Gasteiger partial charge in [-0.2, -0.15) is 13.2 Å². The molecular weight excluding hydrogens is 265 g/mol. The first-order valence-corrected chi connectivity index (χ1v) is 6.03.